The number of ether oxygens (including phenoxy) is 1. The van der Waals surface area contributed by atoms with Gasteiger partial charge in [-0.05, 0) is 23.9 Å². The summed E-state index contributed by atoms with van der Waals surface area (Å²) in [6.45, 7) is 3.55. The van der Waals surface area contributed by atoms with Crippen molar-refractivity contribution in [3.05, 3.63) is 52.9 Å². The Morgan fingerprint density at radius 3 is 2.91 bits per heavy atom. The smallest absolute Gasteiger partial charge is 0.324 e. The number of Topliss-reactive ketones (excluding diaryl/α,β-unsaturated/α-hetero) is 1. The summed E-state index contributed by atoms with van der Waals surface area (Å²) in [7, 11) is 0. The second-order valence-corrected chi connectivity index (χ2v) is 5.13. The molecule has 0 radical (unpaired) electrons. The van der Waals surface area contributed by atoms with Crippen molar-refractivity contribution in [2.75, 3.05) is 6.61 Å². The van der Waals surface area contributed by atoms with Crippen molar-refractivity contribution in [2.45, 2.75) is 31.1 Å². The number of esters is 1. The zero-order chi connectivity index (χ0) is 16.0. The fourth-order valence-corrected chi connectivity index (χ4v) is 2.87. The summed E-state index contributed by atoms with van der Waals surface area (Å²) in [6, 6.07) is 6.67. The van der Waals surface area contributed by atoms with Crippen molar-refractivity contribution in [3.63, 3.8) is 0 Å². The van der Waals surface area contributed by atoms with Gasteiger partial charge in [0.05, 0.1) is 0 Å². The Morgan fingerprint density at radius 2 is 2.23 bits per heavy atom. The fourth-order valence-electron chi connectivity index (χ4n) is 2.87. The van der Waals surface area contributed by atoms with Gasteiger partial charge in [0.1, 0.15) is 6.61 Å². The molecule has 1 atom stereocenters. The van der Waals surface area contributed by atoms with Gasteiger partial charge in [-0.25, -0.2) is 0 Å². The Hall–Kier alpha value is -2.59. The third-order valence-electron chi connectivity index (χ3n) is 3.88. The van der Waals surface area contributed by atoms with Gasteiger partial charge in [-0.15, -0.1) is 0 Å². The maximum Gasteiger partial charge on any atom is 0.324 e. The number of nitrogens with zero attached hydrogens (tertiary/aromatic N) is 3. The molecule has 0 saturated heterocycles. The number of benzene rings is 1. The predicted molar refractivity (Wildman–Crippen MR) is 81.6 cm³/mol. The molecule has 6 heteroatoms. The van der Waals surface area contributed by atoms with Crippen LogP contribution < -0.4 is 0 Å². The monoisotopic (exact) mass is 299 g/mol. The molecule has 1 aliphatic carbocycles. The van der Waals surface area contributed by atoms with Gasteiger partial charge in [0.25, 0.3) is 0 Å². The van der Waals surface area contributed by atoms with Crippen LogP contribution >= 0.6 is 0 Å². The molecule has 0 heterocycles. The predicted octanol–water partition coefficient (Wildman–Crippen LogP) is 3.74. The van der Waals surface area contributed by atoms with Gasteiger partial charge in [-0.1, -0.05) is 48.5 Å². The molecule has 0 amide bonds. The first kappa shape index (κ1) is 15.8. The van der Waals surface area contributed by atoms with Gasteiger partial charge in [-0.3, -0.25) is 9.59 Å². The molecule has 114 valence electrons. The topological polar surface area (TPSA) is 92.1 Å². The molecule has 0 bridgehead atoms. The van der Waals surface area contributed by atoms with Gasteiger partial charge in [0, 0.05) is 17.0 Å². The van der Waals surface area contributed by atoms with Gasteiger partial charge in [0.2, 0.25) is 0 Å². The lowest BCUT2D eigenvalue weighted by Gasteiger charge is -2.34. The lowest BCUT2D eigenvalue weighted by Crippen LogP contribution is -2.47. The average molecular weight is 299 g/mol. The molecule has 1 fully saturated rings. The first-order valence-electron chi connectivity index (χ1n) is 7.13. The van der Waals surface area contributed by atoms with Gasteiger partial charge < -0.3 is 4.74 Å². The standard InChI is InChI=1S/C16H17N3O3/c1-2-11-22-15(21)16(10-6-5-9-14(16)20)12-7-3-4-8-13(12)18-19-17/h2-4,7-8H,1,5-6,9-11H2. The summed E-state index contributed by atoms with van der Waals surface area (Å²) in [5, 5.41) is 3.62. The van der Waals surface area contributed by atoms with Crippen molar-refractivity contribution in [1.82, 2.24) is 0 Å². The molecule has 6 nitrogen and oxygen atoms in total. The maximum atomic E-state index is 12.6. The summed E-state index contributed by atoms with van der Waals surface area (Å²) in [5.41, 5.74) is 8.04. The summed E-state index contributed by atoms with van der Waals surface area (Å²) < 4.78 is 5.18. The van der Waals surface area contributed by atoms with E-state index in [-0.39, 0.29) is 18.1 Å². The molecule has 1 saturated carbocycles. The van der Waals surface area contributed by atoms with E-state index in [4.69, 9.17) is 10.3 Å². The molecule has 1 aliphatic rings. The number of carbonyl (C=O) groups excluding carboxylic acids is 2. The number of hydrogen-bond acceptors (Lipinski definition) is 4. The second kappa shape index (κ2) is 6.91. The quantitative estimate of drug-likeness (QED) is 0.207. The molecular weight excluding hydrogens is 282 g/mol. The average Bonchev–Trinajstić information content (AvgIpc) is 2.54. The summed E-state index contributed by atoms with van der Waals surface area (Å²) >= 11 is 0. The Bertz CT molecular complexity index is 650. The minimum absolute atomic E-state index is 0.0392. The van der Waals surface area contributed by atoms with Crippen molar-refractivity contribution in [3.8, 4) is 0 Å². The van der Waals surface area contributed by atoms with E-state index in [1.807, 2.05) is 0 Å². The zero-order valence-electron chi connectivity index (χ0n) is 12.2. The van der Waals surface area contributed by atoms with Crippen LogP contribution in [0.4, 0.5) is 5.69 Å². The molecule has 0 spiro atoms. The largest absolute Gasteiger partial charge is 0.460 e. The van der Waals surface area contributed by atoms with E-state index in [2.05, 4.69) is 16.6 Å². The van der Waals surface area contributed by atoms with Crippen LogP contribution in [0.1, 0.15) is 31.2 Å². The Morgan fingerprint density at radius 1 is 1.45 bits per heavy atom. The number of ketones is 1. The van der Waals surface area contributed by atoms with E-state index in [0.29, 0.717) is 18.4 Å². The molecule has 0 aromatic heterocycles. The molecule has 0 aliphatic heterocycles. The van der Waals surface area contributed by atoms with Crippen molar-refractivity contribution >= 4 is 17.4 Å². The third kappa shape index (κ3) is 2.73. The highest BCUT2D eigenvalue weighted by Crippen LogP contribution is 2.42. The Balaban J connectivity index is 2.58. The SMILES string of the molecule is C=CCOC(=O)C1(c2ccccc2N=[N+]=[N-])CCCCC1=O. The first-order valence-corrected chi connectivity index (χ1v) is 7.13. The normalized spacial score (nSPS) is 20.8. The van der Waals surface area contributed by atoms with E-state index in [1.165, 1.54) is 6.08 Å². The third-order valence-corrected chi connectivity index (χ3v) is 3.88. The fraction of sp³-hybridized carbons (Fsp3) is 0.375. The summed E-state index contributed by atoms with van der Waals surface area (Å²) in [5.74, 6) is -0.786. The molecule has 22 heavy (non-hydrogen) atoms. The number of azide groups is 1. The van der Waals surface area contributed by atoms with Crippen LogP contribution in [0.15, 0.2) is 42.0 Å². The first-order chi connectivity index (χ1) is 10.7. The van der Waals surface area contributed by atoms with E-state index in [1.54, 1.807) is 24.3 Å². The van der Waals surface area contributed by atoms with Crippen LogP contribution in [0.5, 0.6) is 0 Å². The second-order valence-electron chi connectivity index (χ2n) is 5.13. The molecular formula is C16H17N3O3. The van der Waals surface area contributed by atoms with Crippen LogP contribution in [-0.4, -0.2) is 18.4 Å². The minimum atomic E-state index is -1.38. The van der Waals surface area contributed by atoms with E-state index in [9.17, 15) is 9.59 Å². The Kier molecular flexibility index (Phi) is 4.96. The van der Waals surface area contributed by atoms with Gasteiger partial charge in [-0.2, -0.15) is 0 Å². The number of carbonyl (C=O) groups is 2. The van der Waals surface area contributed by atoms with Gasteiger partial charge >= 0.3 is 5.97 Å². The zero-order valence-corrected chi connectivity index (χ0v) is 12.2. The lowest BCUT2D eigenvalue weighted by atomic mass is 9.68. The molecule has 2 rings (SSSR count). The molecule has 1 unspecified atom stereocenters. The van der Waals surface area contributed by atoms with Crippen LogP contribution in [-0.2, 0) is 19.7 Å². The van der Waals surface area contributed by atoms with Crippen molar-refractivity contribution in [2.24, 2.45) is 5.11 Å². The number of rotatable bonds is 5. The molecule has 1 aromatic carbocycles. The van der Waals surface area contributed by atoms with Crippen molar-refractivity contribution < 1.29 is 14.3 Å². The Labute approximate surface area is 128 Å². The highest BCUT2D eigenvalue weighted by atomic mass is 16.5. The van der Waals surface area contributed by atoms with E-state index < -0.39 is 11.4 Å². The van der Waals surface area contributed by atoms with Crippen molar-refractivity contribution in [1.29, 1.82) is 0 Å². The summed E-state index contributed by atoms with van der Waals surface area (Å²) in [6.07, 6.45) is 3.62. The summed E-state index contributed by atoms with van der Waals surface area (Å²) in [4.78, 5) is 28.0. The number of hydrogen-bond donors (Lipinski definition) is 0. The van der Waals surface area contributed by atoms with E-state index >= 15 is 0 Å². The van der Waals surface area contributed by atoms with Gasteiger partial charge in [0.15, 0.2) is 11.2 Å². The van der Waals surface area contributed by atoms with Crippen LogP contribution in [0, 0.1) is 0 Å². The van der Waals surface area contributed by atoms with E-state index in [0.717, 1.165) is 12.8 Å². The highest BCUT2D eigenvalue weighted by molar-refractivity contribution is 6.11. The minimum Gasteiger partial charge on any atom is -0.460 e. The van der Waals surface area contributed by atoms with Crippen LogP contribution in [0.25, 0.3) is 10.4 Å². The highest BCUT2D eigenvalue weighted by Gasteiger charge is 2.50. The van der Waals surface area contributed by atoms with Crippen LogP contribution in [0.2, 0.25) is 0 Å². The molecule has 1 aromatic rings. The molecule has 0 N–H and O–H groups in total. The van der Waals surface area contributed by atoms with Crippen LogP contribution in [0.3, 0.4) is 0 Å². The maximum absolute atomic E-state index is 12.6. The lowest BCUT2D eigenvalue weighted by molar-refractivity contribution is -0.155.